The lowest BCUT2D eigenvalue weighted by Gasteiger charge is -2.36. The molecule has 0 bridgehead atoms. The maximum Gasteiger partial charge on any atom is 0.266 e. The minimum absolute atomic E-state index is 0.0773. The lowest BCUT2D eigenvalue weighted by molar-refractivity contribution is -0.127. The number of carbonyl (C=O) groups excluding carboxylic acids is 1. The highest BCUT2D eigenvalue weighted by atomic mass is 19.1. The van der Waals surface area contributed by atoms with Crippen LogP contribution in [0.3, 0.4) is 0 Å². The molecule has 0 aromatic heterocycles. The Morgan fingerprint density at radius 2 is 1.75 bits per heavy atom. The van der Waals surface area contributed by atoms with Crippen molar-refractivity contribution in [1.82, 2.24) is 4.90 Å². The minimum atomic E-state index is -0.280. The van der Waals surface area contributed by atoms with E-state index in [4.69, 9.17) is 0 Å². The summed E-state index contributed by atoms with van der Waals surface area (Å²) in [6.45, 7) is 6.35. The molecule has 0 atom stereocenters. The van der Waals surface area contributed by atoms with Crippen molar-refractivity contribution in [2.75, 3.05) is 36.4 Å². The highest BCUT2D eigenvalue weighted by Crippen LogP contribution is 2.18. The highest BCUT2D eigenvalue weighted by Gasteiger charge is 2.23. The number of rotatable bonds is 4. The first-order chi connectivity index (χ1) is 13.5. The van der Waals surface area contributed by atoms with Crippen molar-refractivity contribution in [3.05, 3.63) is 71.2 Å². The number of hydrogen-bond acceptors (Lipinski definition) is 4. The van der Waals surface area contributed by atoms with Crippen LogP contribution in [-0.4, -0.2) is 37.0 Å². The zero-order valence-corrected chi connectivity index (χ0v) is 16.1. The fourth-order valence-corrected chi connectivity index (χ4v) is 3.12. The van der Waals surface area contributed by atoms with Gasteiger partial charge in [-0.1, -0.05) is 6.07 Å². The predicted molar refractivity (Wildman–Crippen MR) is 108 cm³/mol. The van der Waals surface area contributed by atoms with Gasteiger partial charge in [-0.3, -0.25) is 4.79 Å². The van der Waals surface area contributed by atoms with Crippen molar-refractivity contribution < 1.29 is 9.18 Å². The molecular weight excluding hydrogens is 355 g/mol. The molecule has 1 N–H and O–H groups in total. The molecule has 144 valence electrons. The van der Waals surface area contributed by atoms with Crippen LogP contribution in [0.4, 0.5) is 15.8 Å². The van der Waals surface area contributed by atoms with Crippen molar-refractivity contribution >= 4 is 17.3 Å². The Bertz CT molecular complexity index is 923. The summed E-state index contributed by atoms with van der Waals surface area (Å²) in [5, 5.41) is 12.5. The molecule has 0 aliphatic carbocycles. The number of carbonyl (C=O) groups is 1. The molecule has 0 saturated carbocycles. The van der Waals surface area contributed by atoms with Gasteiger partial charge in [-0.05, 0) is 61.4 Å². The van der Waals surface area contributed by atoms with E-state index in [2.05, 4.69) is 10.2 Å². The van der Waals surface area contributed by atoms with Crippen molar-refractivity contribution in [2.45, 2.75) is 13.8 Å². The van der Waals surface area contributed by atoms with Gasteiger partial charge in [0.25, 0.3) is 5.91 Å². The topological polar surface area (TPSA) is 59.4 Å². The number of piperazine rings is 1. The molecule has 28 heavy (non-hydrogen) atoms. The van der Waals surface area contributed by atoms with Gasteiger partial charge in [-0.15, -0.1) is 0 Å². The van der Waals surface area contributed by atoms with E-state index in [1.807, 2.05) is 38.1 Å². The number of benzene rings is 2. The average Bonchev–Trinajstić information content (AvgIpc) is 2.71. The maximum atomic E-state index is 13.1. The van der Waals surface area contributed by atoms with E-state index in [-0.39, 0.29) is 17.3 Å². The molecule has 3 rings (SSSR count). The largest absolute Gasteiger partial charge is 0.368 e. The maximum absolute atomic E-state index is 13.1. The molecule has 5 nitrogen and oxygen atoms in total. The summed E-state index contributed by atoms with van der Waals surface area (Å²) in [6, 6.07) is 14.2. The first-order valence-electron chi connectivity index (χ1n) is 9.22. The van der Waals surface area contributed by atoms with Gasteiger partial charge in [0, 0.05) is 43.8 Å². The van der Waals surface area contributed by atoms with Gasteiger partial charge in [0.15, 0.2) is 0 Å². The highest BCUT2D eigenvalue weighted by molar-refractivity contribution is 5.97. The lowest BCUT2D eigenvalue weighted by Crippen LogP contribution is -2.49. The van der Waals surface area contributed by atoms with Crippen LogP contribution in [0.2, 0.25) is 0 Å². The minimum Gasteiger partial charge on any atom is -0.368 e. The van der Waals surface area contributed by atoms with Gasteiger partial charge in [0.05, 0.1) is 0 Å². The van der Waals surface area contributed by atoms with Crippen LogP contribution in [0.5, 0.6) is 0 Å². The summed E-state index contributed by atoms with van der Waals surface area (Å²) in [5.74, 6) is -0.546. The third-order valence-corrected chi connectivity index (χ3v) is 5.00. The summed E-state index contributed by atoms with van der Waals surface area (Å²) in [5.41, 5.74) is 4.17. The molecule has 0 radical (unpaired) electrons. The zero-order valence-electron chi connectivity index (χ0n) is 16.1. The second-order valence-electron chi connectivity index (χ2n) is 6.87. The normalized spacial score (nSPS) is 14.6. The van der Waals surface area contributed by atoms with E-state index in [0.29, 0.717) is 26.2 Å². The smallest absolute Gasteiger partial charge is 0.266 e. The molecule has 1 aliphatic rings. The fraction of sp³-hybridized carbons (Fsp3) is 0.273. The Morgan fingerprint density at radius 1 is 1.07 bits per heavy atom. The van der Waals surface area contributed by atoms with E-state index in [0.717, 1.165) is 16.9 Å². The van der Waals surface area contributed by atoms with Gasteiger partial charge in [-0.2, -0.15) is 5.26 Å². The average molecular weight is 378 g/mol. The number of nitrogens with zero attached hydrogens (tertiary/aromatic N) is 3. The molecule has 0 spiro atoms. The number of amides is 1. The summed E-state index contributed by atoms with van der Waals surface area (Å²) in [4.78, 5) is 16.5. The molecule has 2 aromatic carbocycles. The summed E-state index contributed by atoms with van der Waals surface area (Å²) in [7, 11) is 0. The van der Waals surface area contributed by atoms with E-state index < -0.39 is 0 Å². The summed E-state index contributed by atoms with van der Waals surface area (Å²) < 4.78 is 13.1. The van der Waals surface area contributed by atoms with Gasteiger partial charge in [0.1, 0.15) is 17.5 Å². The van der Waals surface area contributed by atoms with Crippen LogP contribution < -0.4 is 10.2 Å². The third-order valence-electron chi connectivity index (χ3n) is 5.00. The quantitative estimate of drug-likeness (QED) is 0.652. The lowest BCUT2D eigenvalue weighted by atomic mass is 10.1. The third kappa shape index (κ3) is 4.49. The molecule has 1 amide bonds. The monoisotopic (exact) mass is 378 g/mol. The number of hydrogen-bond donors (Lipinski definition) is 1. The standard InChI is InChI=1S/C22H23FN4O/c1-16-3-6-20(13-17(16)2)25-15-18(14-24)22(28)27-11-9-26(10-12-27)21-7-4-19(23)5-8-21/h3-8,13,15,25H,9-12H2,1-2H3/b18-15-. The number of anilines is 2. The number of nitriles is 1. The Kier molecular flexibility index (Phi) is 5.95. The van der Waals surface area contributed by atoms with Gasteiger partial charge < -0.3 is 15.1 Å². The van der Waals surface area contributed by atoms with Crippen molar-refractivity contribution in [3.8, 4) is 6.07 Å². The molecule has 1 fully saturated rings. The Morgan fingerprint density at radius 3 is 2.36 bits per heavy atom. The molecule has 2 aromatic rings. The van der Waals surface area contributed by atoms with Gasteiger partial charge >= 0.3 is 0 Å². The van der Waals surface area contributed by atoms with E-state index in [1.165, 1.54) is 23.9 Å². The Labute approximate surface area is 164 Å². The van der Waals surface area contributed by atoms with Crippen molar-refractivity contribution in [3.63, 3.8) is 0 Å². The second-order valence-corrected chi connectivity index (χ2v) is 6.87. The molecule has 6 heteroatoms. The molecule has 0 unspecified atom stereocenters. The van der Waals surface area contributed by atoms with E-state index >= 15 is 0 Å². The van der Waals surface area contributed by atoms with Crippen LogP contribution >= 0.6 is 0 Å². The zero-order chi connectivity index (χ0) is 20.1. The molecular formula is C22H23FN4O. The van der Waals surface area contributed by atoms with E-state index in [9.17, 15) is 14.4 Å². The van der Waals surface area contributed by atoms with Crippen LogP contribution in [0.1, 0.15) is 11.1 Å². The van der Waals surface area contributed by atoms with Crippen LogP contribution in [-0.2, 0) is 4.79 Å². The molecule has 1 aliphatic heterocycles. The van der Waals surface area contributed by atoms with Crippen molar-refractivity contribution in [1.29, 1.82) is 5.26 Å². The van der Waals surface area contributed by atoms with Crippen LogP contribution in [0.25, 0.3) is 0 Å². The SMILES string of the molecule is Cc1ccc(N/C=C(/C#N)C(=O)N2CCN(c3ccc(F)cc3)CC2)cc1C. The number of nitrogens with one attached hydrogen (secondary N) is 1. The number of halogens is 1. The Hall–Kier alpha value is -3.33. The summed E-state index contributed by atoms with van der Waals surface area (Å²) >= 11 is 0. The van der Waals surface area contributed by atoms with Gasteiger partial charge in [-0.25, -0.2) is 4.39 Å². The second kappa shape index (κ2) is 8.57. The van der Waals surface area contributed by atoms with E-state index in [1.54, 1.807) is 17.0 Å². The van der Waals surface area contributed by atoms with Crippen LogP contribution in [0.15, 0.2) is 54.2 Å². The predicted octanol–water partition coefficient (Wildman–Crippen LogP) is 3.61. The molecule has 1 saturated heterocycles. The summed E-state index contributed by atoms with van der Waals surface area (Å²) in [6.07, 6.45) is 1.47. The number of aryl methyl sites for hydroxylation is 2. The van der Waals surface area contributed by atoms with Gasteiger partial charge in [0.2, 0.25) is 0 Å². The fourth-order valence-electron chi connectivity index (χ4n) is 3.12. The van der Waals surface area contributed by atoms with Crippen molar-refractivity contribution in [2.24, 2.45) is 0 Å². The molecule has 1 heterocycles. The van der Waals surface area contributed by atoms with Crippen LogP contribution in [0, 0.1) is 31.0 Å². The first-order valence-corrected chi connectivity index (χ1v) is 9.22. The first kappa shape index (κ1) is 19.4. The Balaban J connectivity index is 1.61.